The van der Waals surface area contributed by atoms with Crippen molar-refractivity contribution < 1.29 is 4.74 Å². The monoisotopic (exact) mass is 261 g/mol. The van der Waals surface area contributed by atoms with Crippen molar-refractivity contribution >= 4 is 0 Å². The second kappa shape index (κ2) is 7.06. The minimum atomic E-state index is 0.357. The molecule has 19 heavy (non-hydrogen) atoms. The highest BCUT2D eigenvalue weighted by Gasteiger charge is 2.13. The van der Waals surface area contributed by atoms with Gasteiger partial charge in [-0.15, -0.1) is 0 Å². The number of hydrogen-bond acceptors (Lipinski definition) is 2. The third kappa shape index (κ3) is 4.05. The molecule has 0 aromatic heterocycles. The Hall–Kier alpha value is -0.860. The normalized spacial score (nSPS) is 17.2. The molecule has 2 rings (SSSR count). The lowest BCUT2D eigenvalue weighted by Gasteiger charge is -2.18. The van der Waals surface area contributed by atoms with Crippen LogP contribution in [0, 0.1) is 0 Å². The van der Waals surface area contributed by atoms with E-state index in [-0.39, 0.29) is 0 Å². The predicted octanol–water partition coefficient (Wildman–Crippen LogP) is 3.12. The molecule has 2 atom stereocenters. The maximum Gasteiger partial charge on any atom is 0.0543 e. The fourth-order valence-electron chi connectivity index (χ4n) is 2.94. The summed E-state index contributed by atoms with van der Waals surface area (Å²) in [7, 11) is 3.86. The average Bonchev–Trinajstić information content (AvgIpc) is 2.90. The Labute approximate surface area is 117 Å². The molecule has 1 aromatic carbocycles. The van der Waals surface area contributed by atoms with Crippen LogP contribution in [0.15, 0.2) is 18.2 Å². The van der Waals surface area contributed by atoms with Gasteiger partial charge in [-0.2, -0.15) is 0 Å². The van der Waals surface area contributed by atoms with E-state index < -0.39 is 0 Å². The number of hydrogen-bond donors (Lipinski definition) is 1. The first-order valence-electron chi connectivity index (χ1n) is 7.53. The van der Waals surface area contributed by atoms with Crippen molar-refractivity contribution in [2.75, 3.05) is 14.2 Å². The highest BCUT2D eigenvalue weighted by molar-refractivity contribution is 5.35. The van der Waals surface area contributed by atoms with Crippen molar-refractivity contribution in [3.05, 3.63) is 34.9 Å². The first-order chi connectivity index (χ1) is 9.22. The molecule has 1 N–H and O–H groups in total. The molecule has 0 bridgehead atoms. The zero-order valence-electron chi connectivity index (χ0n) is 12.5. The minimum Gasteiger partial charge on any atom is -0.382 e. The number of aryl methyl sites for hydroxylation is 2. The van der Waals surface area contributed by atoms with E-state index >= 15 is 0 Å². The van der Waals surface area contributed by atoms with E-state index in [0.29, 0.717) is 12.1 Å². The van der Waals surface area contributed by atoms with Gasteiger partial charge in [0.25, 0.3) is 0 Å². The largest absolute Gasteiger partial charge is 0.382 e. The molecule has 0 aliphatic heterocycles. The summed E-state index contributed by atoms with van der Waals surface area (Å²) in [6.45, 7) is 2.14. The number of likely N-dealkylation sites (N-methyl/N-ethyl adjacent to an activating group) is 1. The van der Waals surface area contributed by atoms with Crippen LogP contribution >= 0.6 is 0 Å². The Balaban J connectivity index is 1.90. The van der Waals surface area contributed by atoms with E-state index in [2.05, 4.69) is 37.5 Å². The van der Waals surface area contributed by atoms with Gasteiger partial charge >= 0.3 is 0 Å². The Bertz CT molecular complexity index is 402. The van der Waals surface area contributed by atoms with Crippen LogP contribution in [0.2, 0.25) is 0 Å². The molecule has 2 heteroatoms. The highest BCUT2D eigenvalue weighted by Crippen LogP contribution is 2.23. The van der Waals surface area contributed by atoms with Crippen LogP contribution in [0.5, 0.6) is 0 Å². The summed E-state index contributed by atoms with van der Waals surface area (Å²) in [6.07, 6.45) is 7.65. The summed E-state index contributed by atoms with van der Waals surface area (Å²) < 4.78 is 5.33. The molecule has 0 spiro atoms. The molecular weight excluding hydrogens is 234 g/mol. The van der Waals surface area contributed by atoms with Crippen LogP contribution in [-0.2, 0) is 24.0 Å². The number of methoxy groups -OCH3 is 1. The van der Waals surface area contributed by atoms with E-state index in [4.69, 9.17) is 4.74 Å². The molecule has 0 amide bonds. The predicted molar refractivity (Wildman–Crippen MR) is 80.7 cm³/mol. The number of rotatable bonds is 7. The molecule has 2 nitrogen and oxygen atoms in total. The molecule has 0 saturated carbocycles. The second-order valence-corrected chi connectivity index (χ2v) is 5.77. The second-order valence-electron chi connectivity index (χ2n) is 5.77. The first kappa shape index (κ1) is 14.5. The zero-order chi connectivity index (χ0) is 13.7. The molecular formula is C17H27NO. The molecule has 0 radical (unpaired) electrons. The minimum absolute atomic E-state index is 0.357. The molecule has 1 aliphatic rings. The van der Waals surface area contributed by atoms with Crippen LogP contribution in [0.3, 0.4) is 0 Å². The molecule has 0 fully saturated rings. The van der Waals surface area contributed by atoms with Gasteiger partial charge in [-0.1, -0.05) is 18.2 Å². The summed E-state index contributed by atoms with van der Waals surface area (Å²) >= 11 is 0. The smallest absolute Gasteiger partial charge is 0.0543 e. The Morgan fingerprint density at radius 3 is 2.74 bits per heavy atom. The standard InChI is InChI=1S/C17H27NO/c1-13(19-3)7-10-17(18-2)12-14-8-9-15-5-4-6-16(15)11-14/h8-9,11,13,17-18H,4-7,10,12H2,1-3H3. The molecule has 1 aliphatic carbocycles. The first-order valence-corrected chi connectivity index (χ1v) is 7.53. The topological polar surface area (TPSA) is 21.3 Å². The van der Waals surface area contributed by atoms with Crippen molar-refractivity contribution in [1.82, 2.24) is 5.32 Å². The van der Waals surface area contributed by atoms with Gasteiger partial charge in [0.2, 0.25) is 0 Å². The zero-order valence-corrected chi connectivity index (χ0v) is 12.5. The van der Waals surface area contributed by atoms with Crippen molar-refractivity contribution in [1.29, 1.82) is 0 Å². The van der Waals surface area contributed by atoms with E-state index in [1.165, 1.54) is 31.2 Å². The Kier molecular flexibility index (Phi) is 5.41. The summed E-state index contributed by atoms with van der Waals surface area (Å²) in [5.74, 6) is 0. The van der Waals surface area contributed by atoms with Crippen molar-refractivity contribution in [3.8, 4) is 0 Å². The van der Waals surface area contributed by atoms with E-state index in [1.54, 1.807) is 18.2 Å². The van der Waals surface area contributed by atoms with Gasteiger partial charge in [-0.05, 0) is 69.2 Å². The lowest BCUT2D eigenvalue weighted by atomic mass is 9.98. The highest BCUT2D eigenvalue weighted by atomic mass is 16.5. The van der Waals surface area contributed by atoms with Gasteiger partial charge in [0.15, 0.2) is 0 Å². The molecule has 2 unspecified atom stereocenters. The number of fused-ring (bicyclic) bond motifs is 1. The van der Waals surface area contributed by atoms with Crippen molar-refractivity contribution in [2.45, 2.75) is 57.6 Å². The third-order valence-corrected chi connectivity index (χ3v) is 4.38. The average molecular weight is 261 g/mol. The summed E-state index contributed by atoms with van der Waals surface area (Å²) in [4.78, 5) is 0. The Morgan fingerprint density at radius 1 is 1.21 bits per heavy atom. The van der Waals surface area contributed by atoms with Crippen molar-refractivity contribution in [2.24, 2.45) is 0 Å². The van der Waals surface area contributed by atoms with Gasteiger partial charge in [0.1, 0.15) is 0 Å². The van der Waals surface area contributed by atoms with Crippen LogP contribution < -0.4 is 5.32 Å². The maximum atomic E-state index is 5.33. The quantitative estimate of drug-likeness (QED) is 0.814. The fourth-order valence-corrected chi connectivity index (χ4v) is 2.94. The molecule has 106 valence electrons. The molecule has 1 aromatic rings. The van der Waals surface area contributed by atoms with Gasteiger partial charge in [-0.3, -0.25) is 0 Å². The van der Waals surface area contributed by atoms with Gasteiger partial charge in [0, 0.05) is 13.2 Å². The lowest BCUT2D eigenvalue weighted by molar-refractivity contribution is 0.106. The van der Waals surface area contributed by atoms with Crippen LogP contribution in [0.25, 0.3) is 0 Å². The van der Waals surface area contributed by atoms with Crippen molar-refractivity contribution in [3.63, 3.8) is 0 Å². The number of ether oxygens (including phenoxy) is 1. The van der Waals surface area contributed by atoms with E-state index in [0.717, 1.165) is 12.8 Å². The maximum absolute atomic E-state index is 5.33. The summed E-state index contributed by atoms with van der Waals surface area (Å²) in [5, 5.41) is 3.44. The Morgan fingerprint density at radius 2 is 2.00 bits per heavy atom. The summed E-state index contributed by atoms with van der Waals surface area (Å²) in [6, 6.07) is 7.63. The molecule has 0 saturated heterocycles. The van der Waals surface area contributed by atoms with Gasteiger partial charge in [-0.25, -0.2) is 0 Å². The van der Waals surface area contributed by atoms with Crippen LogP contribution in [0.1, 0.15) is 42.9 Å². The SMILES string of the molecule is CNC(CCC(C)OC)Cc1ccc2c(c1)CCC2. The van der Waals surface area contributed by atoms with Gasteiger partial charge < -0.3 is 10.1 Å². The summed E-state index contributed by atoms with van der Waals surface area (Å²) in [5.41, 5.74) is 4.63. The van der Waals surface area contributed by atoms with Crippen LogP contribution in [-0.4, -0.2) is 26.3 Å². The number of nitrogens with one attached hydrogen (secondary N) is 1. The molecule has 0 heterocycles. The third-order valence-electron chi connectivity index (χ3n) is 4.38. The number of benzene rings is 1. The lowest BCUT2D eigenvalue weighted by Crippen LogP contribution is -2.28. The van der Waals surface area contributed by atoms with Gasteiger partial charge in [0.05, 0.1) is 6.10 Å². The van der Waals surface area contributed by atoms with E-state index in [9.17, 15) is 0 Å². The fraction of sp³-hybridized carbons (Fsp3) is 0.647. The van der Waals surface area contributed by atoms with E-state index in [1.807, 2.05) is 0 Å². The van der Waals surface area contributed by atoms with Crippen LogP contribution in [0.4, 0.5) is 0 Å².